The fourth-order valence-corrected chi connectivity index (χ4v) is 2.06. The van der Waals surface area contributed by atoms with Crippen LogP contribution in [0, 0.1) is 0 Å². The van der Waals surface area contributed by atoms with E-state index in [4.69, 9.17) is 23.2 Å². The summed E-state index contributed by atoms with van der Waals surface area (Å²) in [4.78, 5) is 0.958. The number of halogens is 2. The van der Waals surface area contributed by atoms with Crippen LogP contribution in [0.5, 0.6) is 0 Å². The van der Waals surface area contributed by atoms with Gasteiger partial charge in [-0.3, -0.25) is 0 Å². The van der Waals surface area contributed by atoms with Crippen LogP contribution in [0.2, 0.25) is 10.0 Å². The zero-order chi connectivity index (χ0) is 11.5. The van der Waals surface area contributed by atoms with Crippen LogP contribution in [0.3, 0.4) is 0 Å². The molecule has 0 fully saturated rings. The molecule has 0 aliphatic carbocycles. The molecule has 0 spiro atoms. The lowest BCUT2D eigenvalue weighted by atomic mass is 10.1. The molecular weight excluding hydrogens is 259 g/mol. The summed E-state index contributed by atoms with van der Waals surface area (Å²) in [5.74, 6) is 0. The van der Waals surface area contributed by atoms with Gasteiger partial charge in [-0.1, -0.05) is 35.3 Å². The lowest BCUT2D eigenvalue weighted by molar-refractivity contribution is 1.13. The molecule has 0 aliphatic rings. The van der Waals surface area contributed by atoms with E-state index in [1.807, 2.05) is 42.5 Å². The number of rotatable bonds is 2. The summed E-state index contributed by atoms with van der Waals surface area (Å²) >= 11 is 16.2. The van der Waals surface area contributed by atoms with Crippen LogP contribution in [0.1, 0.15) is 11.1 Å². The van der Waals surface area contributed by atoms with Crippen molar-refractivity contribution in [3.8, 4) is 0 Å². The molecular formula is C13H10Cl2S. The molecule has 0 saturated heterocycles. The molecule has 16 heavy (non-hydrogen) atoms. The quantitative estimate of drug-likeness (QED) is 0.738. The van der Waals surface area contributed by atoms with Gasteiger partial charge in [-0.05, 0) is 47.9 Å². The number of hydrogen-bond donors (Lipinski definition) is 1. The van der Waals surface area contributed by atoms with Crippen LogP contribution in [-0.2, 0) is 6.42 Å². The summed E-state index contributed by atoms with van der Waals surface area (Å²) in [7, 11) is 0. The molecule has 0 nitrogen and oxygen atoms in total. The summed E-state index contributed by atoms with van der Waals surface area (Å²) in [5, 5.41) is 1.49. The molecule has 0 unspecified atom stereocenters. The standard InChI is InChI=1S/C13H10Cl2S/c14-11-3-1-9(2-4-11)7-10-8-12(15)5-6-13(10)16/h1-6,8,16H,7H2. The Morgan fingerprint density at radius 3 is 2.19 bits per heavy atom. The van der Waals surface area contributed by atoms with Gasteiger partial charge in [-0.2, -0.15) is 0 Å². The van der Waals surface area contributed by atoms with E-state index in [0.717, 1.165) is 26.9 Å². The zero-order valence-corrected chi connectivity index (χ0v) is 10.9. The Morgan fingerprint density at radius 1 is 0.875 bits per heavy atom. The van der Waals surface area contributed by atoms with Crippen molar-refractivity contribution in [2.45, 2.75) is 11.3 Å². The average molecular weight is 269 g/mol. The van der Waals surface area contributed by atoms with Crippen LogP contribution in [-0.4, -0.2) is 0 Å². The van der Waals surface area contributed by atoms with Gasteiger partial charge in [0.2, 0.25) is 0 Å². The third-order valence-electron chi connectivity index (χ3n) is 2.35. The van der Waals surface area contributed by atoms with Gasteiger partial charge in [0, 0.05) is 14.9 Å². The van der Waals surface area contributed by atoms with E-state index in [1.54, 1.807) is 0 Å². The maximum absolute atomic E-state index is 5.95. The van der Waals surface area contributed by atoms with E-state index in [0.29, 0.717) is 0 Å². The Morgan fingerprint density at radius 2 is 1.50 bits per heavy atom. The largest absolute Gasteiger partial charge is 0.143 e. The first-order valence-electron chi connectivity index (χ1n) is 4.87. The van der Waals surface area contributed by atoms with E-state index in [9.17, 15) is 0 Å². The summed E-state index contributed by atoms with van der Waals surface area (Å²) in [6.07, 6.45) is 0.816. The minimum Gasteiger partial charge on any atom is -0.143 e. The van der Waals surface area contributed by atoms with E-state index in [-0.39, 0.29) is 0 Å². The second-order valence-electron chi connectivity index (χ2n) is 3.58. The minimum atomic E-state index is 0.738. The molecule has 0 N–H and O–H groups in total. The van der Waals surface area contributed by atoms with Crippen molar-refractivity contribution in [2.24, 2.45) is 0 Å². The van der Waals surface area contributed by atoms with E-state index in [2.05, 4.69) is 12.6 Å². The van der Waals surface area contributed by atoms with E-state index < -0.39 is 0 Å². The molecule has 0 amide bonds. The van der Waals surface area contributed by atoms with Gasteiger partial charge >= 0.3 is 0 Å². The van der Waals surface area contributed by atoms with Crippen molar-refractivity contribution < 1.29 is 0 Å². The third kappa shape index (κ3) is 2.94. The summed E-state index contributed by atoms with van der Waals surface area (Å²) in [6.45, 7) is 0. The van der Waals surface area contributed by atoms with Gasteiger partial charge in [0.25, 0.3) is 0 Å². The monoisotopic (exact) mass is 268 g/mol. The second kappa shape index (κ2) is 5.13. The average Bonchev–Trinajstić information content (AvgIpc) is 2.27. The molecule has 0 radical (unpaired) electrons. The van der Waals surface area contributed by atoms with E-state index in [1.165, 1.54) is 5.56 Å². The Hall–Kier alpha value is -0.630. The SMILES string of the molecule is Sc1ccc(Cl)cc1Cc1ccc(Cl)cc1. The fourth-order valence-electron chi connectivity index (χ4n) is 1.52. The lowest BCUT2D eigenvalue weighted by Crippen LogP contribution is -1.89. The lowest BCUT2D eigenvalue weighted by Gasteiger charge is -2.06. The number of benzene rings is 2. The van der Waals surface area contributed by atoms with Gasteiger partial charge in [-0.15, -0.1) is 12.6 Å². The van der Waals surface area contributed by atoms with Crippen LogP contribution in [0.4, 0.5) is 0 Å². The van der Waals surface area contributed by atoms with Crippen molar-refractivity contribution >= 4 is 35.8 Å². The smallest absolute Gasteiger partial charge is 0.0409 e. The van der Waals surface area contributed by atoms with Crippen molar-refractivity contribution in [3.05, 3.63) is 63.6 Å². The third-order valence-corrected chi connectivity index (χ3v) is 3.27. The first kappa shape index (κ1) is 11.8. The minimum absolute atomic E-state index is 0.738. The highest BCUT2D eigenvalue weighted by atomic mass is 35.5. The molecule has 82 valence electrons. The van der Waals surface area contributed by atoms with E-state index >= 15 is 0 Å². The van der Waals surface area contributed by atoms with Gasteiger partial charge in [0.15, 0.2) is 0 Å². The molecule has 2 rings (SSSR count). The van der Waals surface area contributed by atoms with Crippen LogP contribution in [0.15, 0.2) is 47.4 Å². The highest BCUT2D eigenvalue weighted by Crippen LogP contribution is 2.22. The first-order chi connectivity index (χ1) is 7.65. The van der Waals surface area contributed by atoms with Crippen molar-refractivity contribution in [3.63, 3.8) is 0 Å². The summed E-state index contributed by atoms with van der Waals surface area (Å²) < 4.78 is 0. The Bertz CT molecular complexity index is 492. The second-order valence-corrected chi connectivity index (χ2v) is 4.93. The first-order valence-corrected chi connectivity index (χ1v) is 6.07. The highest BCUT2D eigenvalue weighted by Gasteiger charge is 2.02. The van der Waals surface area contributed by atoms with Gasteiger partial charge in [0.1, 0.15) is 0 Å². The van der Waals surface area contributed by atoms with Crippen LogP contribution >= 0.6 is 35.8 Å². The molecule has 0 aromatic heterocycles. The maximum Gasteiger partial charge on any atom is 0.0409 e. The van der Waals surface area contributed by atoms with Gasteiger partial charge < -0.3 is 0 Å². The molecule has 0 saturated carbocycles. The van der Waals surface area contributed by atoms with Gasteiger partial charge in [-0.25, -0.2) is 0 Å². The summed E-state index contributed by atoms with van der Waals surface area (Å²) in [6, 6.07) is 13.5. The molecule has 2 aromatic carbocycles. The normalized spacial score (nSPS) is 10.4. The van der Waals surface area contributed by atoms with Crippen molar-refractivity contribution in [1.29, 1.82) is 0 Å². The Balaban J connectivity index is 2.26. The van der Waals surface area contributed by atoms with Crippen LogP contribution < -0.4 is 0 Å². The van der Waals surface area contributed by atoms with Crippen molar-refractivity contribution in [2.75, 3.05) is 0 Å². The number of hydrogen-bond acceptors (Lipinski definition) is 1. The van der Waals surface area contributed by atoms with Crippen molar-refractivity contribution in [1.82, 2.24) is 0 Å². The highest BCUT2D eigenvalue weighted by molar-refractivity contribution is 7.80. The van der Waals surface area contributed by atoms with Crippen LogP contribution in [0.25, 0.3) is 0 Å². The molecule has 0 heterocycles. The topological polar surface area (TPSA) is 0 Å². The fraction of sp³-hybridized carbons (Fsp3) is 0.0769. The molecule has 2 aromatic rings. The zero-order valence-electron chi connectivity index (χ0n) is 8.45. The van der Waals surface area contributed by atoms with Gasteiger partial charge in [0.05, 0.1) is 0 Å². The molecule has 0 bridgehead atoms. The maximum atomic E-state index is 5.95. The Kier molecular flexibility index (Phi) is 3.80. The predicted octanol–water partition coefficient (Wildman–Crippen LogP) is 4.87. The predicted molar refractivity (Wildman–Crippen MR) is 73.0 cm³/mol. The summed E-state index contributed by atoms with van der Waals surface area (Å²) in [5.41, 5.74) is 2.32. The molecule has 3 heteroatoms. The number of thiol groups is 1. The molecule has 0 aliphatic heterocycles. The Labute approximate surface area is 111 Å². The molecule has 0 atom stereocenters.